The number of aliphatic hydroxyl groups is 1. The minimum absolute atomic E-state index is 0.146. The Morgan fingerprint density at radius 3 is 2.67 bits per heavy atom. The van der Waals surface area contributed by atoms with E-state index in [-0.39, 0.29) is 18.5 Å². The Labute approximate surface area is 210 Å². The summed E-state index contributed by atoms with van der Waals surface area (Å²) in [6.45, 7) is 2.29. The van der Waals surface area contributed by atoms with E-state index in [1.807, 2.05) is 24.3 Å². The summed E-state index contributed by atoms with van der Waals surface area (Å²) >= 11 is 0. The van der Waals surface area contributed by atoms with E-state index in [2.05, 4.69) is 20.5 Å². The lowest BCUT2D eigenvalue weighted by molar-refractivity contribution is -0.115. The van der Waals surface area contributed by atoms with Crippen molar-refractivity contribution in [2.24, 2.45) is 0 Å². The number of carbonyl (C=O) groups excluding carboxylic acids is 2. The standard InChI is InChI=1S/C27H32N4O5/c1-35-19-7-8-23-22(15-19)20(9-12-28-23)25(32)17-31-13-10-18(11-14-31)29-16-26(33)30-24-6-4-3-5-21(24)27(34)36-2/h3-9,12,15,18,25,29,32H,10-11,13-14,16-17H2,1-2H3,(H,30,33)/t25-/m0/s1. The lowest BCUT2D eigenvalue weighted by Gasteiger charge is -2.33. The summed E-state index contributed by atoms with van der Waals surface area (Å²) in [5.74, 6) is 0.0187. The summed E-state index contributed by atoms with van der Waals surface area (Å²) in [6.07, 6.45) is 2.80. The highest BCUT2D eigenvalue weighted by molar-refractivity contribution is 6.01. The summed E-state index contributed by atoms with van der Waals surface area (Å²) in [7, 11) is 2.93. The third-order valence-electron chi connectivity index (χ3n) is 6.52. The smallest absolute Gasteiger partial charge is 0.339 e. The third kappa shape index (κ3) is 6.17. The number of ether oxygens (including phenoxy) is 2. The molecular formula is C27H32N4O5. The van der Waals surface area contributed by atoms with Gasteiger partial charge in [0.15, 0.2) is 0 Å². The molecule has 0 bridgehead atoms. The summed E-state index contributed by atoms with van der Waals surface area (Å²) in [4.78, 5) is 31.0. The van der Waals surface area contributed by atoms with Crippen LogP contribution in [0.15, 0.2) is 54.7 Å². The van der Waals surface area contributed by atoms with Crippen LogP contribution in [0.2, 0.25) is 0 Å². The largest absolute Gasteiger partial charge is 0.497 e. The fourth-order valence-corrected chi connectivity index (χ4v) is 4.54. The Morgan fingerprint density at radius 1 is 1.14 bits per heavy atom. The van der Waals surface area contributed by atoms with Crippen molar-refractivity contribution in [3.05, 3.63) is 65.9 Å². The van der Waals surface area contributed by atoms with E-state index < -0.39 is 12.1 Å². The molecule has 1 atom stereocenters. The number of para-hydroxylation sites is 1. The molecule has 0 saturated carbocycles. The number of likely N-dealkylation sites (tertiary alicyclic amines) is 1. The number of benzene rings is 2. The van der Waals surface area contributed by atoms with Crippen molar-refractivity contribution in [3.63, 3.8) is 0 Å². The molecule has 1 saturated heterocycles. The lowest BCUT2D eigenvalue weighted by Crippen LogP contribution is -2.45. The number of methoxy groups -OCH3 is 2. The zero-order chi connectivity index (χ0) is 25.5. The van der Waals surface area contributed by atoms with E-state index in [0.717, 1.165) is 48.1 Å². The zero-order valence-electron chi connectivity index (χ0n) is 20.6. The number of piperidine rings is 1. The molecule has 3 N–H and O–H groups in total. The average molecular weight is 493 g/mol. The highest BCUT2D eigenvalue weighted by Gasteiger charge is 2.23. The topological polar surface area (TPSA) is 113 Å². The minimum Gasteiger partial charge on any atom is -0.497 e. The Hall–Kier alpha value is -3.53. The maximum absolute atomic E-state index is 12.5. The number of anilines is 1. The quantitative estimate of drug-likeness (QED) is 0.391. The van der Waals surface area contributed by atoms with Gasteiger partial charge in [-0.05, 0) is 67.9 Å². The van der Waals surface area contributed by atoms with Crippen LogP contribution in [0.25, 0.3) is 10.9 Å². The fraction of sp³-hybridized carbons (Fsp3) is 0.370. The van der Waals surface area contributed by atoms with Crippen LogP contribution in [0.5, 0.6) is 5.75 Å². The number of fused-ring (bicyclic) bond motifs is 1. The van der Waals surface area contributed by atoms with E-state index in [0.29, 0.717) is 17.8 Å². The first-order valence-corrected chi connectivity index (χ1v) is 12.0. The van der Waals surface area contributed by atoms with Crippen LogP contribution < -0.4 is 15.4 Å². The van der Waals surface area contributed by atoms with Gasteiger partial charge in [-0.1, -0.05) is 12.1 Å². The van der Waals surface area contributed by atoms with E-state index in [9.17, 15) is 14.7 Å². The average Bonchev–Trinajstić information content (AvgIpc) is 2.91. The Balaban J connectivity index is 1.26. The number of hydrogen-bond acceptors (Lipinski definition) is 8. The molecule has 1 fully saturated rings. The van der Waals surface area contributed by atoms with Crippen molar-refractivity contribution >= 4 is 28.5 Å². The zero-order valence-corrected chi connectivity index (χ0v) is 20.6. The minimum atomic E-state index is -0.646. The molecule has 1 aliphatic rings. The Bertz CT molecular complexity index is 1210. The molecule has 1 aromatic heterocycles. The Morgan fingerprint density at radius 2 is 1.92 bits per heavy atom. The maximum Gasteiger partial charge on any atom is 0.339 e. The number of nitrogens with zero attached hydrogens (tertiary/aromatic N) is 2. The van der Waals surface area contributed by atoms with Crippen molar-refractivity contribution in [3.8, 4) is 5.75 Å². The van der Waals surface area contributed by atoms with Gasteiger partial charge in [0.1, 0.15) is 5.75 Å². The van der Waals surface area contributed by atoms with Crippen LogP contribution in [-0.2, 0) is 9.53 Å². The van der Waals surface area contributed by atoms with Crippen molar-refractivity contribution in [2.45, 2.75) is 25.0 Å². The number of pyridine rings is 1. The second kappa shape index (κ2) is 11.9. The predicted molar refractivity (Wildman–Crippen MR) is 137 cm³/mol. The van der Waals surface area contributed by atoms with Gasteiger partial charge in [0.25, 0.3) is 0 Å². The van der Waals surface area contributed by atoms with Crippen LogP contribution in [0.4, 0.5) is 5.69 Å². The molecule has 190 valence electrons. The molecule has 2 aromatic carbocycles. The molecular weight excluding hydrogens is 460 g/mol. The van der Waals surface area contributed by atoms with Gasteiger partial charge in [-0.2, -0.15) is 0 Å². The number of β-amino-alcohol motifs (C(OH)–C–C–N with tert-alkyl or cyclic N) is 1. The number of esters is 1. The second-order valence-electron chi connectivity index (χ2n) is 8.84. The van der Waals surface area contributed by atoms with E-state index in [4.69, 9.17) is 9.47 Å². The first kappa shape index (κ1) is 25.6. The molecule has 0 spiro atoms. The Kier molecular flexibility index (Phi) is 8.48. The van der Waals surface area contributed by atoms with Crippen molar-refractivity contribution < 1.29 is 24.2 Å². The number of aromatic nitrogens is 1. The van der Waals surface area contributed by atoms with Gasteiger partial charge in [0, 0.05) is 24.2 Å². The van der Waals surface area contributed by atoms with E-state index >= 15 is 0 Å². The summed E-state index contributed by atoms with van der Waals surface area (Å²) in [6, 6.07) is 14.5. The number of rotatable bonds is 9. The summed E-state index contributed by atoms with van der Waals surface area (Å²) in [5, 5.41) is 18.0. The number of aliphatic hydroxyl groups excluding tert-OH is 1. The third-order valence-corrected chi connectivity index (χ3v) is 6.52. The second-order valence-corrected chi connectivity index (χ2v) is 8.84. The monoisotopic (exact) mass is 492 g/mol. The maximum atomic E-state index is 12.5. The lowest BCUT2D eigenvalue weighted by atomic mass is 10.0. The van der Waals surface area contributed by atoms with Gasteiger partial charge in [0.2, 0.25) is 5.91 Å². The van der Waals surface area contributed by atoms with Crippen molar-refractivity contribution in [1.82, 2.24) is 15.2 Å². The van der Waals surface area contributed by atoms with Gasteiger partial charge in [-0.25, -0.2) is 4.79 Å². The van der Waals surface area contributed by atoms with Crippen LogP contribution in [0.1, 0.15) is 34.9 Å². The van der Waals surface area contributed by atoms with Gasteiger partial charge in [-0.15, -0.1) is 0 Å². The molecule has 9 heteroatoms. The summed E-state index contributed by atoms with van der Waals surface area (Å²) in [5.41, 5.74) is 2.41. The number of carbonyl (C=O) groups is 2. The highest BCUT2D eigenvalue weighted by Crippen LogP contribution is 2.27. The molecule has 4 rings (SSSR count). The van der Waals surface area contributed by atoms with Gasteiger partial charge in [-0.3, -0.25) is 9.78 Å². The first-order chi connectivity index (χ1) is 17.5. The molecule has 3 aromatic rings. The van der Waals surface area contributed by atoms with Crippen LogP contribution in [-0.4, -0.2) is 73.3 Å². The molecule has 2 heterocycles. The van der Waals surface area contributed by atoms with Gasteiger partial charge >= 0.3 is 5.97 Å². The van der Waals surface area contributed by atoms with Gasteiger partial charge in [0.05, 0.1) is 43.6 Å². The highest BCUT2D eigenvalue weighted by atomic mass is 16.5. The molecule has 1 amide bonds. The number of amides is 1. The molecule has 0 aliphatic carbocycles. The molecule has 0 unspecified atom stereocenters. The molecule has 0 radical (unpaired) electrons. The van der Waals surface area contributed by atoms with Gasteiger partial charge < -0.3 is 30.1 Å². The van der Waals surface area contributed by atoms with Crippen LogP contribution in [0.3, 0.4) is 0 Å². The van der Waals surface area contributed by atoms with Crippen LogP contribution in [0, 0.1) is 0 Å². The molecule has 9 nitrogen and oxygen atoms in total. The first-order valence-electron chi connectivity index (χ1n) is 12.0. The molecule has 1 aliphatic heterocycles. The fourth-order valence-electron chi connectivity index (χ4n) is 4.54. The van der Waals surface area contributed by atoms with E-state index in [1.54, 1.807) is 37.6 Å². The van der Waals surface area contributed by atoms with Crippen molar-refractivity contribution in [1.29, 1.82) is 0 Å². The number of hydrogen-bond donors (Lipinski definition) is 3. The normalized spacial score (nSPS) is 15.4. The summed E-state index contributed by atoms with van der Waals surface area (Å²) < 4.78 is 10.1. The SMILES string of the molecule is COC(=O)c1ccccc1NC(=O)CNC1CCN(C[C@H](O)c2ccnc3ccc(OC)cc23)CC1. The van der Waals surface area contributed by atoms with Crippen molar-refractivity contribution in [2.75, 3.05) is 45.7 Å². The number of nitrogens with one attached hydrogen (secondary N) is 2. The van der Waals surface area contributed by atoms with E-state index in [1.165, 1.54) is 7.11 Å². The molecule has 36 heavy (non-hydrogen) atoms. The van der Waals surface area contributed by atoms with Crippen LogP contribution >= 0.6 is 0 Å². The predicted octanol–water partition coefficient (Wildman–Crippen LogP) is 2.76.